The molecule has 0 fully saturated rings. The largest absolute Gasteiger partial charge is 0.485 e. The molecular formula is C26H26O2. The van der Waals surface area contributed by atoms with Crippen molar-refractivity contribution in [3.63, 3.8) is 0 Å². The molecule has 5 rings (SSSR count). The highest BCUT2D eigenvalue weighted by molar-refractivity contribution is 5.52. The van der Waals surface area contributed by atoms with Crippen LogP contribution in [0.3, 0.4) is 0 Å². The van der Waals surface area contributed by atoms with Gasteiger partial charge in [0.1, 0.15) is 23.7 Å². The Hall–Kier alpha value is -2.74. The van der Waals surface area contributed by atoms with Gasteiger partial charge in [-0.25, -0.2) is 0 Å². The van der Waals surface area contributed by atoms with E-state index in [0.717, 1.165) is 24.3 Å². The topological polar surface area (TPSA) is 18.5 Å². The highest BCUT2D eigenvalue weighted by Crippen LogP contribution is 2.45. The molecule has 3 aromatic rings. The van der Waals surface area contributed by atoms with Gasteiger partial charge in [-0.3, -0.25) is 0 Å². The normalized spacial score (nSPS) is 20.2. The molecule has 2 heterocycles. The lowest BCUT2D eigenvalue weighted by atomic mass is 9.86. The van der Waals surface area contributed by atoms with Gasteiger partial charge in [0.15, 0.2) is 0 Å². The maximum atomic E-state index is 6.33. The van der Waals surface area contributed by atoms with Gasteiger partial charge in [0.2, 0.25) is 0 Å². The Bertz CT molecular complexity index is 962. The summed E-state index contributed by atoms with van der Waals surface area (Å²) < 4.78 is 12.6. The first kappa shape index (κ1) is 17.4. The maximum Gasteiger partial charge on any atom is 0.128 e. The van der Waals surface area contributed by atoms with E-state index >= 15 is 0 Å². The average molecular weight is 370 g/mol. The summed E-state index contributed by atoms with van der Waals surface area (Å²) in [6.07, 6.45) is 2.01. The van der Waals surface area contributed by atoms with Crippen LogP contribution in [0, 0.1) is 0 Å². The molecule has 2 aliphatic heterocycles. The number of fused-ring (bicyclic) bond motifs is 2. The summed E-state index contributed by atoms with van der Waals surface area (Å²) in [6, 6.07) is 23.7. The molecule has 2 unspecified atom stereocenters. The average Bonchev–Trinajstić information content (AvgIpc) is 3.29. The summed E-state index contributed by atoms with van der Waals surface area (Å²) in [6.45, 7) is 6.73. The van der Waals surface area contributed by atoms with Crippen LogP contribution in [-0.4, -0.2) is 0 Å². The van der Waals surface area contributed by atoms with Crippen LogP contribution in [0.15, 0.2) is 66.7 Å². The van der Waals surface area contributed by atoms with Crippen molar-refractivity contribution >= 4 is 0 Å². The van der Waals surface area contributed by atoms with E-state index in [1.54, 1.807) is 0 Å². The van der Waals surface area contributed by atoms with Crippen molar-refractivity contribution in [2.24, 2.45) is 0 Å². The molecule has 0 saturated carbocycles. The van der Waals surface area contributed by atoms with E-state index in [1.165, 1.54) is 27.8 Å². The second kappa shape index (κ2) is 6.41. The molecule has 0 spiro atoms. The monoisotopic (exact) mass is 370 g/mol. The third kappa shape index (κ3) is 3.07. The fraction of sp³-hybridized carbons (Fsp3) is 0.308. The Morgan fingerprint density at radius 3 is 1.68 bits per heavy atom. The smallest absolute Gasteiger partial charge is 0.128 e. The van der Waals surface area contributed by atoms with E-state index in [-0.39, 0.29) is 17.6 Å². The summed E-state index contributed by atoms with van der Waals surface area (Å²) in [5.74, 6) is 2.03. The lowest BCUT2D eigenvalue weighted by Crippen LogP contribution is -2.11. The predicted octanol–water partition coefficient (Wildman–Crippen LogP) is 6.34. The van der Waals surface area contributed by atoms with Crippen LogP contribution in [0.5, 0.6) is 11.5 Å². The highest BCUT2D eigenvalue weighted by atomic mass is 16.5. The molecule has 142 valence electrons. The van der Waals surface area contributed by atoms with Crippen molar-refractivity contribution in [2.45, 2.75) is 51.2 Å². The minimum Gasteiger partial charge on any atom is -0.485 e. The molecule has 2 aliphatic rings. The second-order valence-corrected chi connectivity index (χ2v) is 8.97. The van der Waals surface area contributed by atoms with Crippen LogP contribution < -0.4 is 9.47 Å². The fourth-order valence-electron chi connectivity index (χ4n) is 4.21. The van der Waals surface area contributed by atoms with Crippen LogP contribution in [-0.2, 0) is 18.3 Å². The Kier molecular flexibility index (Phi) is 3.97. The van der Waals surface area contributed by atoms with Gasteiger partial charge in [0, 0.05) is 24.0 Å². The van der Waals surface area contributed by atoms with Gasteiger partial charge < -0.3 is 9.47 Å². The Labute approximate surface area is 167 Å². The van der Waals surface area contributed by atoms with Crippen molar-refractivity contribution in [3.05, 3.63) is 94.5 Å². The molecule has 0 amide bonds. The number of hydrogen-bond acceptors (Lipinski definition) is 2. The van der Waals surface area contributed by atoms with Gasteiger partial charge >= 0.3 is 0 Å². The standard InChI is InChI=1S/C26H26O2/c1-26(2,3)21-11-9-18(10-12-21)23-14-20-16-24-19(15-25(20)28-23)13-22(27-24)17-7-5-4-6-8-17/h4-12,15-16,22-23H,13-14H2,1-3H3. The van der Waals surface area contributed by atoms with Crippen molar-refractivity contribution in [1.29, 1.82) is 0 Å². The zero-order chi connectivity index (χ0) is 19.3. The van der Waals surface area contributed by atoms with Gasteiger partial charge in [-0.1, -0.05) is 75.4 Å². The molecule has 0 aromatic heterocycles. The first-order valence-corrected chi connectivity index (χ1v) is 10.1. The highest BCUT2D eigenvalue weighted by Gasteiger charge is 2.31. The molecule has 0 aliphatic carbocycles. The van der Waals surface area contributed by atoms with Gasteiger partial charge in [-0.05, 0) is 34.2 Å². The third-order valence-corrected chi connectivity index (χ3v) is 5.91. The van der Waals surface area contributed by atoms with Crippen LogP contribution >= 0.6 is 0 Å². The van der Waals surface area contributed by atoms with Crippen LogP contribution in [0.2, 0.25) is 0 Å². The number of rotatable bonds is 2. The Morgan fingerprint density at radius 1 is 0.679 bits per heavy atom. The molecule has 3 aromatic carbocycles. The molecule has 2 heteroatoms. The lowest BCUT2D eigenvalue weighted by Gasteiger charge is -2.20. The molecule has 0 saturated heterocycles. The minimum atomic E-state index is 0.0939. The second-order valence-electron chi connectivity index (χ2n) is 8.97. The number of ether oxygens (including phenoxy) is 2. The SMILES string of the molecule is CC(C)(C)c1ccc(C2Cc3cc4c(cc3O2)CC(c2ccccc2)O4)cc1. The van der Waals surface area contributed by atoms with Crippen molar-refractivity contribution in [1.82, 2.24) is 0 Å². The van der Waals surface area contributed by atoms with E-state index in [2.05, 4.69) is 81.4 Å². The quantitative estimate of drug-likeness (QED) is 0.524. The summed E-state index contributed by atoms with van der Waals surface area (Å²) in [5.41, 5.74) is 6.50. The third-order valence-electron chi connectivity index (χ3n) is 5.91. The first-order chi connectivity index (χ1) is 13.5. The van der Waals surface area contributed by atoms with Crippen LogP contribution in [0.4, 0.5) is 0 Å². The lowest BCUT2D eigenvalue weighted by molar-refractivity contribution is 0.237. The van der Waals surface area contributed by atoms with Gasteiger partial charge in [-0.15, -0.1) is 0 Å². The molecule has 0 radical (unpaired) electrons. The van der Waals surface area contributed by atoms with E-state index in [4.69, 9.17) is 9.47 Å². The molecule has 28 heavy (non-hydrogen) atoms. The molecule has 0 N–H and O–H groups in total. The molecular weight excluding hydrogens is 344 g/mol. The Balaban J connectivity index is 1.34. The van der Waals surface area contributed by atoms with Gasteiger partial charge in [0.05, 0.1) is 0 Å². The molecule has 2 nitrogen and oxygen atoms in total. The van der Waals surface area contributed by atoms with E-state index < -0.39 is 0 Å². The first-order valence-electron chi connectivity index (χ1n) is 10.1. The van der Waals surface area contributed by atoms with Crippen molar-refractivity contribution in [3.8, 4) is 11.5 Å². The van der Waals surface area contributed by atoms with Crippen LogP contribution in [0.25, 0.3) is 0 Å². The molecule has 2 atom stereocenters. The zero-order valence-corrected chi connectivity index (χ0v) is 16.7. The summed E-state index contributed by atoms with van der Waals surface area (Å²) in [7, 11) is 0. The number of hydrogen-bond donors (Lipinski definition) is 0. The minimum absolute atomic E-state index is 0.0939. The van der Waals surface area contributed by atoms with Crippen molar-refractivity contribution in [2.75, 3.05) is 0 Å². The summed E-state index contributed by atoms with van der Waals surface area (Å²) in [4.78, 5) is 0. The van der Waals surface area contributed by atoms with Gasteiger partial charge in [-0.2, -0.15) is 0 Å². The van der Waals surface area contributed by atoms with Crippen LogP contribution in [0.1, 0.15) is 60.8 Å². The van der Waals surface area contributed by atoms with E-state index in [9.17, 15) is 0 Å². The number of benzene rings is 3. The fourth-order valence-corrected chi connectivity index (χ4v) is 4.21. The molecule has 0 bridgehead atoms. The van der Waals surface area contributed by atoms with Crippen molar-refractivity contribution < 1.29 is 9.47 Å². The zero-order valence-electron chi connectivity index (χ0n) is 16.7. The Morgan fingerprint density at radius 2 is 1.18 bits per heavy atom. The summed E-state index contributed by atoms with van der Waals surface area (Å²) in [5, 5.41) is 0. The van der Waals surface area contributed by atoms with Gasteiger partial charge in [0.25, 0.3) is 0 Å². The van der Waals surface area contributed by atoms with E-state index in [1.807, 2.05) is 6.07 Å². The predicted molar refractivity (Wildman–Crippen MR) is 112 cm³/mol. The maximum absolute atomic E-state index is 6.33. The summed E-state index contributed by atoms with van der Waals surface area (Å²) >= 11 is 0. The van der Waals surface area contributed by atoms with E-state index in [0.29, 0.717) is 0 Å².